The first kappa shape index (κ1) is 11.6. The average molecular weight is 253 g/mol. The number of rotatable bonds is 2. The molecule has 6 heteroatoms. The molecule has 1 radical (unpaired) electrons. The predicted molar refractivity (Wildman–Crippen MR) is 61.1 cm³/mol. The Morgan fingerprint density at radius 3 is 2.82 bits per heavy atom. The van der Waals surface area contributed by atoms with E-state index in [0.717, 1.165) is 4.68 Å². The highest BCUT2D eigenvalue weighted by atomic mass is 35.5. The fourth-order valence-corrected chi connectivity index (χ4v) is 1.43. The molecule has 2 rings (SSSR count). The second kappa shape index (κ2) is 4.55. The monoisotopic (exact) mass is 252 g/mol. The molecular formula is C11H8ClFN3O. The molecule has 4 nitrogen and oxygen atoms in total. The van der Waals surface area contributed by atoms with Crippen LogP contribution in [0.5, 0.6) is 0 Å². The van der Waals surface area contributed by atoms with E-state index in [-0.39, 0.29) is 5.02 Å². The van der Waals surface area contributed by atoms with Gasteiger partial charge in [0.2, 0.25) is 0 Å². The number of benzene rings is 1. The number of nitrogens with zero attached hydrogens (tertiary/aromatic N) is 2. The van der Waals surface area contributed by atoms with Crippen LogP contribution in [0.4, 0.5) is 9.18 Å². The summed E-state index contributed by atoms with van der Waals surface area (Å²) in [5, 5.41) is 3.95. The Balaban J connectivity index is 2.19. The molecule has 2 aromatic rings. The van der Waals surface area contributed by atoms with Crippen molar-refractivity contribution in [2.75, 3.05) is 0 Å². The Bertz CT molecular complexity index is 568. The summed E-state index contributed by atoms with van der Waals surface area (Å²) in [5.41, 5.74) is 6.14. The topological polar surface area (TPSA) is 60.9 Å². The van der Waals surface area contributed by atoms with Crippen LogP contribution in [-0.2, 0) is 0 Å². The van der Waals surface area contributed by atoms with Crippen molar-refractivity contribution in [3.63, 3.8) is 0 Å². The maximum absolute atomic E-state index is 13.2. The highest BCUT2D eigenvalue weighted by Crippen LogP contribution is 2.18. The van der Waals surface area contributed by atoms with Crippen LogP contribution in [0.3, 0.4) is 0 Å². The number of amides is 1. The Morgan fingerprint density at radius 2 is 2.24 bits per heavy atom. The van der Waals surface area contributed by atoms with Crippen LogP contribution >= 0.6 is 11.6 Å². The van der Waals surface area contributed by atoms with Crippen molar-refractivity contribution in [2.45, 2.75) is 0 Å². The van der Waals surface area contributed by atoms with Crippen molar-refractivity contribution in [3.05, 3.63) is 59.0 Å². The minimum Gasteiger partial charge on any atom is -0.350 e. The van der Waals surface area contributed by atoms with Gasteiger partial charge in [-0.3, -0.25) is 0 Å². The van der Waals surface area contributed by atoms with E-state index in [0.29, 0.717) is 11.3 Å². The highest BCUT2D eigenvalue weighted by molar-refractivity contribution is 6.30. The molecule has 0 spiro atoms. The zero-order valence-electron chi connectivity index (χ0n) is 8.60. The maximum atomic E-state index is 13.2. The molecule has 1 amide bonds. The summed E-state index contributed by atoms with van der Waals surface area (Å²) in [5.74, 6) is -0.505. The van der Waals surface area contributed by atoms with Crippen molar-refractivity contribution in [3.8, 4) is 0 Å². The average Bonchev–Trinajstić information content (AvgIpc) is 2.72. The third-order valence-electron chi connectivity index (χ3n) is 2.09. The Labute approximate surface area is 102 Å². The van der Waals surface area contributed by atoms with E-state index in [1.807, 2.05) is 0 Å². The van der Waals surface area contributed by atoms with Gasteiger partial charge in [0.1, 0.15) is 5.82 Å². The molecule has 87 valence electrons. The Morgan fingerprint density at radius 1 is 1.47 bits per heavy atom. The van der Waals surface area contributed by atoms with Gasteiger partial charge in [-0.1, -0.05) is 17.7 Å². The number of hydrogen-bond acceptors (Lipinski definition) is 2. The quantitative estimate of drug-likeness (QED) is 0.891. The summed E-state index contributed by atoms with van der Waals surface area (Å²) < 4.78 is 14.2. The van der Waals surface area contributed by atoms with E-state index in [2.05, 4.69) is 5.10 Å². The van der Waals surface area contributed by atoms with Gasteiger partial charge >= 0.3 is 6.03 Å². The van der Waals surface area contributed by atoms with Gasteiger partial charge in [-0.05, 0) is 23.8 Å². The first-order chi connectivity index (χ1) is 8.06. The molecule has 1 aromatic heterocycles. The highest BCUT2D eigenvalue weighted by Gasteiger charge is 2.06. The number of carbonyl (C=O) groups is 1. The van der Waals surface area contributed by atoms with Crippen LogP contribution in [0.15, 0.2) is 30.5 Å². The lowest BCUT2D eigenvalue weighted by molar-refractivity contribution is 0.247. The molecule has 1 aromatic carbocycles. The summed E-state index contributed by atoms with van der Waals surface area (Å²) in [7, 11) is 0. The van der Waals surface area contributed by atoms with E-state index in [9.17, 15) is 9.18 Å². The fraction of sp³-hybridized carbons (Fsp3) is 0. The molecule has 0 unspecified atom stereocenters. The molecule has 2 N–H and O–H groups in total. The second-order valence-electron chi connectivity index (χ2n) is 3.34. The van der Waals surface area contributed by atoms with E-state index >= 15 is 0 Å². The van der Waals surface area contributed by atoms with Crippen LogP contribution in [0.25, 0.3) is 0 Å². The van der Waals surface area contributed by atoms with Crippen molar-refractivity contribution in [1.82, 2.24) is 9.78 Å². The van der Waals surface area contributed by atoms with Gasteiger partial charge in [0, 0.05) is 12.6 Å². The zero-order valence-corrected chi connectivity index (χ0v) is 9.36. The van der Waals surface area contributed by atoms with Crippen molar-refractivity contribution in [1.29, 1.82) is 0 Å². The molecule has 0 atom stereocenters. The largest absolute Gasteiger partial charge is 0.350 e. The van der Waals surface area contributed by atoms with Crippen molar-refractivity contribution in [2.24, 2.45) is 5.73 Å². The van der Waals surface area contributed by atoms with Gasteiger partial charge in [0.25, 0.3) is 0 Å². The molecule has 0 saturated carbocycles. The molecule has 1 heterocycles. The molecule has 0 aliphatic carbocycles. The van der Waals surface area contributed by atoms with Crippen molar-refractivity contribution >= 4 is 17.6 Å². The van der Waals surface area contributed by atoms with E-state index in [4.69, 9.17) is 17.3 Å². The third-order valence-corrected chi connectivity index (χ3v) is 2.40. The predicted octanol–water partition coefficient (Wildman–Crippen LogP) is 2.20. The second-order valence-corrected chi connectivity index (χ2v) is 3.75. The van der Waals surface area contributed by atoms with Gasteiger partial charge in [-0.15, -0.1) is 0 Å². The van der Waals surface area contributed by atoms with Crippen LogP contribution in [0, 0.1) is 12.2 Å². The summed E-state index contributed by atoms with van der Waals surface area (Å²) >= 11 is 5.56. The van der Waals surface area contributed by atoms with Crippen LogP contribution < -0.4 is 5.73 Å². The minimum atomic E-state index is -0.674. The zero-order chi connectivity index (χ0) is 12.4. The van der Waals surface area contributed by atoms with Crippen LogP contribution in [0.1, 0.15) is 11.3 Å². The minimum absolute atomic E-state index is 0.0600. The number of carbonyl (C=O) groups excluding carboxylic acids is 1. The maximum Gasteiger partial charge on any atom is 0.339 e. The van der Waals surface area contributed by atoms with Crippen molar-refractivity contribution < 1.29 is 9.18 Å². The number of hydrogen-bond donors (Lipinski definition) is 1. The lowest BCUT2D eigenvalue weighted by Crippen LogP contribution is -2.19. The molecule has 0 bridgehead atoms. The summed E-state index contributed by atoms with van der Waals surface area (Å²) in [6, 6.07) is 5.30. The normalized spacial score (nSPS) is 10.5. The fourth-order valence-electron chi connectivity index (χ4n) is 1.31. The Hall–Kier alpha value is -1.88. The first-order valence-electron chi connectivity index (χ1n) is 4.71. The SMILES string of the molecule is NC(=O)n1ccc([CH]c2ccc(Cl)c(F)c2)n1. The molecule has 0 fully saturated rings. The number of aromatic nitrogens is 2. The van der Waals surface area contributed by atoms with E-state index in [1.54, 1.807) is 18.6 Å². The molecule has 0 saturated heterocycles. The summed E-state index contributed by atoms with van der Waals surface area (Å²) in [4.78, 5) is 10.8. The van der Waals surface area contributed by atoms with Gasteiger partial charge in [0.05, 0.1) is 10.7 Å². The molecule has 17 heavy (non-hydrogen) atoms. The summed E-state index contributed by atoms with van der Waals surface area (Å²) in [6.45, 7) is 0. The van der Waals surface area contributed by atoms with Gasteiger partial charge in [0.15, 0.2) is 0 Å². The van der Waals surface area contributed by atoms with Gasteiger partial charge in [-0.2, -0.15) is 9.78 Å². The standard InChI is InChI=1S/C11H8ClFN3O/c12-9-2-1-7(6-10(9)13)5-8-3-4-16(15-8)11(14)17/h1-6H,(H2,14,17). The first-order valence-corrected chi connectivity index (χ1v) is 5.09. The molecule has 0 aliphatic heterocycles. The van der Waals surface area contributed by atoms with Gasteiger partial charge in [-0.25, -0.2) is 9.18 Å². The number of halogens is 2. The van der Waals surface area contributed by atoms with E-state index in [1.165, 1.54) is 18.3 Å². The third kappa shape index (κ3) is 2.62. The van der Waals surface area contributed by atoms with E-state index < -0.39 is 11.8 Å². The van der Waals surface area contributed by atoms with Gasteiger partial charge < -0.3 is 5.73 Å². The smallest absolute Gasteiger partial charge is 0.339 e. The lowest BCUT2D eigenvalue weighted by Gasteiger charge is -1.99. The number of nitrogens with two attached hydrogens (primary N) is 1. The summed E-state index contributed by atoms with van der Waals surface area (Å²) in [6.07, 6.45) is 3.04. The molecule has 0 aliphatic rings. The Kier molecular flexibility index (Phi) is 3.10. The molecular weight excluding hydrogens is 245 g/mol. The lowest BCUT2D eigenvalue weighted by atomic mass is 10.1. The van der Waals surface area contributed by atoms with Crippen LogP contribution in [-0.4, -0.2) is 15.8 Å². The number of primary amides is 1. The van der Waals surface area contributed by atoms with Crippen LogP contribution in [0.2, 0.25) is 5.02 Å².